The lowest BCUT2D eigenvalue weighted by Gasteiger charge is -2.24. The highest BCUT2D eigenvalue weighted by atomic mass is 31.2. The van der Waals surface area contributed by atoms with Gasteiger partial charge in [0.25, 0.3) is 0 Å². The molecule has 10 heteroatoms. The minimum atomic E-state index is -4.39. The first-order valence-electron chi connectivity index (χ1n) is 30.6. The molecule has 0 heterocycles. The van der Waals surface area contributed by atoms with Crippen molar-refractivity contribution in [3.63, 3.8) is 0 Å². The number of rotatable bonds is 55. The summed E-state index contributed by atoms with van der Waals surface area (Å²) in [6, 6.07) is 0. The molecule has 0 radical (unpaired) electrons. The highest BCUT2D eigenvalue weighted by Crippen LogP contribution is 2.43. The van der Waals surface area contributed by atoms with Crippen LogP contribution in [0.15, 0.2) is 109 Å². The molecule has 2 atom stereocenters. The van der Waals surface area contributed by atoms with Crippen molar-refractivity contribution in [3.8, 4) is 0 Å². The Labute approximate surface area is 467 Å². The van der Waals surface area contributed by atoms with Crippen LogP contribution in [-0.2, 0) is 32.7 Å². The van der Waals surface area contributed by atoms with E-state index in [2.05, 4.69) is 123 Å². The van der Waals surface area contributed by atoms with E-state index >= 15 is 0 Å². The summed E-state index contributed by atoms with van der Waals surface area (Å²) in [6.45, 7) is 4.17. The number of likely N-dealkylation sites (N-methyl/N-ethyl adjacent to an activating group) is 1. The molecule has 0 saturated carbocycles. The lowest BCUT2D eigenvalue weighted by atomic mass is 10.0. The van der Waals surface area contributed by atoms with E-state index in [4.69, 9.17) is 18.5 Å². The zero-order valence-electron chi connectivity index (χ0n) is 49.5. The Morgan fingerprint density at radius 1 is 0.408 bits per heavy atom. The van der Waals surface area contributed by atoms with E-state index in [1.54, 1.807) is 0 Å². The minimum Gasteiger partial charge on any atom is -0.462 e. The number of phosphoric acid groups is 1. The average Bonchev–Trinajstić information content (AvgIpc) is 3.38. The first kappa shape index (κ1) is 72.7. The Hall–Kier alpha value is -3.33. The minimum absolute atomic E-state index is 0.0239. The van der Waals surface area contributed by atoms with Crippen molar-refractivity contribution in [1.82, 2.24) is 0 Å². The van der Waals surface area contributed by atoms with Crippen LogP contribution in [0.1, 0.15) is 245 Å². The molecule has 2 unspecified atom stereocenters. The monoisotopic (exact) mass is 1080 g/mol. The van der Waals surface area contributed by atoms with E-state index in [-0.39, 0.29) is 26.1 Å². The van der Waals surface area contributed by atoms with E-state index < -0.39 is 32.5 Å². The number of carbonyl (C=O) groups excluding carboxylic acids is 2. The summed E-state index contributed by atoms with van der Waals surface area (Å²) >= 11 is 0. The summed E-state index contributed by atoms with van der Waals surface area (Å²) in [6.07, 6.45) is 79.1. The molecule has 0 aromatic heterocycles. The highest BCUT2D eigenvalue weighted by molar-refractivity contribution is 7.47. The number of carbonyl (C=O) groups is 2. The first-order chi connectivity index (χ1) is 37.0. The SMILES string of the molecule is CC/C=C\C/C=C\C/C=C\C/C=C\C/C=C\C/C=C\CCCCCCCCCCCCCCCCCCCCCCC(=O)OC(COC(=O)CCCCC/C=C\C/C=C\C/C=C\CC)COP(=O)(O)OCC[N+](C)(C)C. The second-order valence-electron chi connectivity index (χ2n) is 21.3. The number of nitrogens with zero attached hydrogens (tertiary/aromatic N) is 1. The van der Waals surface area contributed by atoms with E-state index in [1.165, 1.54) is 109 Å². The van der Waals surface area contributed by atoms with Crippen LogP contribution in [0.5, 0.6) is 0 Å². The number of ether oxygens (including phenoxy) is 2. The second kappa shape index (κ2) is 56.4. The van der Waals surface area contributed by atoms with Crippen LogP contribution in [0.3, 0.4) is 0 Å². The predicted octanol–water partition coefficient (Wildman–Crippen LogP) is 19.4. The number of quaternary nitrogens is 1. The number of phosphoric ester groups is 1. The van der Waals surface area contributed by atoms with Gasteiger partial charge >= 0.3 is 19.8 Å². The smallest absolute Gasteiger partial charge is 0.462 e. The summed E-state index contributed by atoms with van der Waals surface area (Å²) in [5.41, 5.74) is 0. The van der Waals surface area contributed by atoms with Gasteiger partial charge in [0.05, 0.1) is 27.7 Å². The Kier molecular flexibility index (Phi) is 53.9. The topological polar surface area (TPSA) is 108 Å². The quantitative estimate of drug-likeness (QED) is 0.0211. The fraction of sp³-hybridized carbons (Fsp3) is 0.697. The van der Waals surface area contributed by atoms with Crippen molar-refractivity contribution in [2.45, 2.75) is 251 Å². The molecule has 1 N–H and O–H groups in total. The molecule has 0 saturated heterocycles. The maximum absolute atomic E-state index is 12.8. The van der Waals surface area contributed by atoms with Gasteiger partial charge in [-0.05, 0) is 96.3 Å². The van der Waals surface area contributed by atoms with Crippen molar-refractivity contribution >= 4 is 19.8 Å². The lowest BCUT2D eigenvalue weighted by Crippen LogP contribution is -2.37. The van der Waals surface area contributed by atoms with E-state index in [1.807, 2.05) is 21.1 Å². The maximum atomic E-state index is 12.8. The Morgan fingerprint density at radius 3 is 1.07 bits per heavy atom. The molecule has 0 spiro atoms. The van der Waals surface area contributed by atoms with Gasteiger partial charge in [-0.2, -0.15) is 0 Å². The van der Waals surface area contributed by atoms with Crippen molar-refractivity contribution < 1.29 is 42.1 Å². The molecule has 0 amide bonds. The molecule has 0 fully saturated rings. The van der Waals surface area contributed by atoms with Gasteiger partial charge in [0.2, 0.25) is 0 Å². The highest BCUT2D eigenvalue weighted by Gasteiger charge is 2.27. The van der Waals surface area contributed by atoms with Gasteiger partial charge in [-0.15, -0.1) is 0 Å². The predicted molar refractivity (Wildman–Crippen MR) is 325 cm³/mol. The summed E-state index contributed by atoms with van der Waals surface area (Å²) in [4.78, 5) is 35.6. The van der Waals surface area contributed by atoms with Crippen LogP contribution in [-0.4, -0.2) is 74.9 Å². The Bertz CT molecular complexity index is 1650. The van der Waals surface area contributed by atoms with Crippen LogP contribution in [0.25, 0.3) is 0 Å². The molecule has 0 bridgehead atoms. The van der Waals surface area contributed by atoms with E-state index in [0.717, 1.165) is 96.3 Å². The van der Waals surface area contributed by atoms with Crippen LogP contribution in [0, 0.1) is 0 Å². The van der Waals surface area contributed by atoms with Gasteiger partial charge in [0.1, 0.15) is 19.8 Å². The Morgan fingerprint density at radius 2 is 0.711 bits per heavy atom. The van der Waals surface area contributed by atoms with Crippen LogP contribution < -0.4 is 0 Å². The molecule has 0 aromatic carbocycles. The van der Waals surface area contributed by atoms with Gasteiger partial charge in [-0.3, -0.25) is 18.6 Å². The van der Waals surface area contributed by atoms with E-state index in [9.17, 15) is 19.0 Å². The molecule has 9 nitrogen and oxygen atoms in total. The maximum Gasteiger partial charge on any atom is 0.472 e. The third-order valence-corrected chi connectivity index (χ3v) is 13.8. The average molecular weight is 1080 g/mol. The van der Waals surface area contributed by atoms with Crippen molar-refractivity contribution in [2.24, 2.45) is 0 Å². The summed E-state index contributed by atoms with van der Waals surface area (Å²) in [5, 5.41) is 0. The van der Waals surface area contributed by atoms with Gasteiger partial charge < -0.3 is 18.9 Å². The van der Waals surface area contributed by atoms with Gasteiger partial charge in [-0.25, -0.2) is 4.57 Å². The van der Waals surface area contributed by atoms with Gasteiger partial charge in [0, 0.05) is 12.8 Å². The van der Waals surface area contributed by atoms with Gasteiger partial charge in [0.15, 0.2) is 6.10 Å². The fourth-order valence-corrected chi connectivity index (χ4v) is 8.89. The fourth-order valence-electron chi connectivity index (χ4n) is 8.15. The number of esters is 2. The zero-order chi connectivity index (χ0) is 55.6. The van der Waals surface area contributed by atoms with Crippen molar-refractivity contribution in [3.05, 3.63) is 109 Å². The summed E-state index contributed by atoms with van der Waals surface area (Å²) < 4.78 is 34.5. The number of hydrogen-bond acceptors (Lipinski definition) is 7. The molecule has 76 heavy (non-hydrogen) atoms. The van der Waals surface area contributed by atoms with Crippen LogP contribution >= 0.6 is 7.82 Å². The van der Waals surface area contributed by atoms with E-state index in [0.29, 0.717) is 23.9 Å². The van der Waals surface area contributed by atoms with Crippen molar-refractivity contribution in [2.75, 3.05) is 47.5 Å². The number of allylic oxidation sites excluding steroid dienone is 18. The molecule has 0 aliphatic carbocycles. The summed E-state index contributed by atoms with van der Waals surface area (Å²) in [7, 11) is 1.46. The lowest BCUT2D eigenvalue weighted by molar-refractivity contribution is -0.870. The van der Waals surface area contributed by atoms with Gasteiger partial charge in [-0.1, -0.05) is 245 Å². The molecular formula is C66H115NO8P+. The first-order valence-corrected chi connectivity index (χ1v) is 32.1. The third kappa shape index (κ3) is 59.9. The van der Waals surface area contributed by atoms with Crippen LogP contribution in [0.4, 0.5) is 0 Å². The molecule has 0 rings (SSSR count). The van der Waals surface area contributed by atoms with Crippen molar-refractivity contribution in [1.29, 1.82) is 0 Å². The second-order valence-corrected chi connectivity index (χ2v) is 22.8. The molecule has 436 valence electrons. The molecular weight excluding hydrogens is 966 g/mol. The van der Waals surface area contributed by atoms with Crippen LogP contribution in [0.2, 0.25) is 0 Å². The zero-order valence-corrected chi connectivity index (χ0v) is 50.3. The molecule has 0 aliphatic heterocycles. The molecule has 0 aromatic rings. The normalized spacial score (nSPS) is 14.0. The third-order valence-electron chi connectivity index (χ3n) is 12.8. The number of unbranched alkanes of at least 4 members (excludes halogenated alkanes) is 23. The number of hydrogen-bond donors (Lipinski definition) is 1. The standard InChI is InChI=1S/C66H114NO8P/c1-6-8-10-12-14-16-18-20-21-22-23-24-25-26-27-28-29-30-31-32-33-34-35-36-37-38-39-40-41-42-43-44-45-47-49-51-53-55-57-59-66(69)75-64(63-74-76(70,71)73-61-60-67(3,4)5)62-72-65(68)58-56-54-52-50-48-46-19-17-15-13-11-9-7-2/h8-11,14-17,20-21,23-24,26-27,29-30,46,48,64H,6-7,12-13,18-19,22,25,28,31-45,47,49-63H2,1-5H3/p+1/b10-8-,11-9-,16-14-,17-15-,21-20-,24-23-,27-26-,30-29-,48-46-. The largest absolute Gasteiger partial charge is 0.472 e. The Balaban J connectivity index is 3.96. The summed E-state index contributed by atoms with van der Waals surface area (Å²) in [5.74, 6) is -0.831. The molecule has 0 aliphatic rings.